The third-order valence-electron chi connectivity index (χ3n) is 6.38. The highest BCUT2D eigenvalue weighted by Crippen LogP contribution is 2.36. The second kappa shape index (κ2) is 7.60. The van der Waals surface area contributed by atoms with E-state index in [-0.39, 0.29) is 6.10 Å². The fourth-order valence-electron chi connectivity index (χ4n) is 4.78. The molecule has 0 bridgehead atoms. The predicted molar refractivity (Wildman–Crippen MR) is 107 cm³/mol. The highest BCUT2D eigenvalue weighted by Gasteiger charge is 2.36. The SMILES string of the molecule is O[C@H]1CN(C2CCN(c3ccc4c(c3)OCO4)CC2)C[C@H]1Cc1ccncc1. The molecule has 0 radical (unpaired) electrons. The Labute approximate surface area is 165 Å². The summed E-state index contributed by atoms with van der Waals surface area (Å²) >= 11 is 0. The second-order valence-electron chi connectivity index (χ2n) is 8.10. The molecule has 2 saturated heterocycles. The Hall–Kier alpha value is -2.31. The molecule has 1 N–H and O–H groups in total. The molecular formula is C22H27N3O3. The van der Waals surface area contributed by atoms with Crippen LogP contribution in [0.1, 0.15) is 18.4 Å². The van der Waals surface area contributed by atoms with Crippen LogP contribution in [0.2, 0.25) is 0 Å². The van der Waals surface area contributed by atoms with Crippen LogP contribution in [0.15, 0.2) is 42.7 Å². The van der Waals surface area contributed by atoms with E-state index in [1.54, 1.807) is 0 Å². The van der Waals surface area contributed by atoms with Crippen LogP contribution in [0.25, 0.3) is 0 Å². The number of benzene rings is 1. The van der Waals surface area contributed by atoms with Crippen molar-refractivity contribution in [2.45, 2.75) is 31.4 Å². The van der Waals surface area contributed by atoms with Gasteiger partial charge in [0.15, 0.2) is 11.5 Å². The van der Waals surface area contributed by atoms with Crippen LogP contribution >= 0.6 is 0 Å². The molecule has 0 spiro atoms. The fraction of sp³-hybridized carbons (Fsp3) is 0.500. The lowest BCUT2D eigenvalue weighted by Crippen LogP contribution is -2.44. The number of anilines is 1. The van der Waals surface area contributed by atoms with Gasteiger partial charge in [-0.15, -0.1) is 0 Å². The van der Waals surface area contributed by atoms with Crippen molar-refractivity contribution < 1.29 is 14.6 Å². The Morgan fingerprint density at radius 2 is 1.79 bits per heavy atom. The van der Waals surface area contributed by atoms with Crippen molar-refractivity contribution in [2.24, 2.45) is 5.92 Å². The zero-order chi connectivity index (χ0) is 18.9. The van der Waals surface area contributed by atoms with Crippen molar-refractivity contribution in [3.8, 4) is 11.5 Å². The van der Waals surface area contributed by atoms with Gasteiger partial charge in [0.25, 0.3) is 0 Å². The van der Waals surface area contributed by atoms with E-state index in [0.29, 0.717) is 18.8 Å². The van der Waals surface area contributed by atoms with Gasteiger partial charge < -0.3 is 19.5 Å². The van der Waals surface area contributed by atoms with Gasteiger partial charge in [-0.1, -0.05) is 0 Å². The molecule has 5 rings (SSSR count). The second-order valence-corrected chi connectivity index (χ2v) is 8.10. The lowest BCUT2D eigenvalue weighted by atomic mass is 9.97. The number of hydrogen-bond donors (Lipinski definition) is 1. The lowest BCUT2D eigenvalue weighted by molar-refractivity contribution is 0.132. The highest BCUT2D eigenvalue weighted by molar-refractivity contribution is 5.57. The van der Waals surface area contributed by atoms with Crippen molar-refractivity contribution in [3.63, 3.8) is 0 Å². The average Bonchev–Trinajstić information content (AvgIpc) is 3.35. The van der Waals surface area contributed by atoms with Crippen LogP contribution in [0.3, 0.4) is 0 Å². The average molecular weight is 381 g/mol. The summed E-state index contributed by atoms with van der Waals surface area (Å²) in [6.07, 6.45) is 6.61. The highest BCUT2D eigenvalue weighted by atomic mass is 16.7. The van der Waals surface area contributed by atoms with E-state index in [4.69, 9.17) is 9.47 Å². The smallest absolute Gasteiger partial charge is 0.231 e. The number of β-amino-alcohol motifs (C(OH)–C–C–N with tert-alkyl or cyclic N) is 1. The minimum Gasteiger partial charge on any atom is -0.454 e. The first-order valence-corrected chi connectivity index (χ1v) is 10.2. The summed E-state index contributed by atoms with van der Waals surface area (Å²) in [5.74, 6) is 2.00. The van der Waals surface area contributed by atoms with Gasteiger partial charge in [0.05, 0.1) is 6.10 Å². The van der Waals surface area contributed by atoms with E-state index in [0.717, 1.165) is 56.9 Å². The lowest BCUT2D eigenvalue weighted by Gasteiger charge is -2.38. The number of aromatic nitrogens is 1. The molecule has 1 aromatic carbocycles. The number of aliphatic hydroxyl groups is 1. The molecule has 2 atom stereocenters. The van der Waals surface area contributed by atoms with Crippen molar-refractivity contribution in [1.82, 2.24) is 9.88 Å². The molecule has 2 aromatic rings. The molecule has 6 heteroatoms. The molecular weight excluding hydrogens is 354 g/mol. The largest absolute Gasteiger partial charge is 0.454 e. The third-order valence-corrected chi connectivity index (χ3v) is 6.38. The van der Waals surface area contributed by atoms with Gasteiger partial charge in [0.2, 0.25) is 6.79 Å². The Balaban J connectivity index is 1.17. The van der Waals surface area contributed by atoms with Crippen LogP contribution in [-0.4, -0.2) is 60.1 Å². The Bertz CT molecular complexity index is 808. The van der Waals surface area contributed by atoms with Gasteiger partial charge in [-0.05, 0) is 49.1 Å². The van der Waals surface area contributed by atoms with E-state index < -0.39 is 0 Å². The number of pyridine rings is 1. The minimum atomic E-state index is -0.236. The zero-order valence-corrected chi connectivity index (χ0v) is 16.0. The van der Waals surface area contributed by atoms with Gasteiger partial charge in [-0.2, -0.15) is 0 Å². The predicted octanol–water partition coefficient (Wildman–Crippen LogP) is 2.31. The Morgan fingerprint density at radius 3 is 2.61 bits per heavy atom. The topological polar surface area (TPSA) is 58.1 Å². The monoisotopic (exact) mass is 381 g/mol. The van der Waals surface area contributed by atoms with Crippen LogP contribution in [0.4, 0.5) is 5.69 Å². The van der Waals surface area contributed by atoms with Crippen LogP contribution in [0.5, 0.6) is 11.5 Å². The molecule has 0 saturated carbocycles. The van der Waals surface area contributed by atoms with Crippen molar-refractivity contribution in [3.05, 3.63) is 48.3 Å². The molecule has 4 heterocycles. The normalized spacial score (nSPS) is 25.4. The van der Waals surface area contributed by atoms with Gasteiger partial charge >= 0.3 is 0 Å². The number of aliphatic hydroxyl groups excluding tert-OH is 1. The first-order valence-electron chi connectivity index (χ1n) is 10.2. The first-order chi connectivity index (χ1) is 13.8. The molecule has 0 aliphatic carbocycles. The molecule has 6 nitrogen and oxygen atoms in total. The molecule has 148 valence electrons. The Kier molecular flexibility index (Phi) is 4.82. The molecule has 2 fully saturated rings. The number of nitrogens with zero attached hydrogens (tertiary/aromatic N) is 3. The van der Waals surface area contributed by atoms with Gasteiger partial charge in [0.1, 0.15) is 0 Å². The van der Waals surface area contributed by atoms with Gasteiger partial charge in [0, 0.05) is 62.3 Å². The quantitative estimate of drug-likeness (QED) is 0.877. The minimum absolute atomic E-state index is 0.236. The summed E-state index contributed by atoms with van der Waals surface area (Å²) in [6, 6.07) is 10.9. The van der Waals surface area contributed by atoms with Crippen LogP contribution < -0.4 is 14.4 Å². The number of ether oxygens (including phenoxy) is 2. The summed E-state index contributed by atoms with van der Waals surface area (Å²) in [5.41, 5.74) is 2.47. The number of fused-ring (bicyclic) bond motifs is 1. The maximum absolute atomic E-state index is 10.6. The van der Waals surface area contributed by atoms with E-state index >= 15 is 0 Å². The molecule has 28 heavy (non-hydrogen) atoms. The van der Waals surface area contributed by atoms with Crippen molar-refractivity contribution in [1.29, 1.82) is 0 Å². The van der Waals surface area contributed by atoms with Gasteiger partial charge in [-0.25, -0.2) is 0 Å². The maximum atomic E-state index is 10.6. The first kappa shape index (κ1) is 17.8. The van der Waals surface area contributed by atoms with Crippen LogP contribution in [-0.2, 0) is 6.42 Å². The third kappa shape index (κ3) is 3.54. The fourth-order valence-corrected chi connectivity index (χ4v) is 4.78. The summed E-state index contributed by atoms with van der Waals surface area (Å²) in [5, 5.41) is 10.6. The Morgan fingerprint density at radius 1 is 1.00 bits per heavy atom. The number of likely N-dealkylation sites (tertiary alicyclic amines) is 1. The van der Waals surface area contributed by atoms with Crippen LogP contribution in [0, 0.1) is 5.92 Å². The van der Waals surface area contributed by atoms with E-state index in [1.165, 1.54) is 11.3 Å². The molecule has 3 aliphatic rings. The number of rotatable bonds is 4. The van der Waals surface area contributed by atoms with Crippen molar-refractivity contribution in [2.75, 3.05) is 37.9 Å². The summed E-state index contributed by atoms with van der Waals surface area (Å²) in [4.78, 5) is 9.02. The number of piperidine rings is 1. The molecule has 1 aromatic heterocycles. The summed E-state index contributed by atoms with van der Waals surface area (Å²) in [7, 11) is 0. The zero-order valence-electron chi connectivity index (χ0n) is 16.0. The van der Waals surface area contributed by atoms with Crippen molar-refractivity contribution >= 4 is 5.69 Å². The van der Waals surface area contributed by atoms with E-state index in [9.17, 15) is 5.11 Å². The standard InChI is InChI=1S/C22H27N3O3/c26-20-14-25(13-17(20)11-16-3-7-23-8-4-16)18-5-9-24(10-6-18)19-1-2-21-22(12-19)28-15-27-21/h1-4,7-8,12,17-18,20,26H,5-6,9-11,13-15H2/t17-,20+/m1/s1. The number of hydrogen-bond acceptors (Lipinski definition) is 6. The summed E-state index contributed by atoms with van der Waals surface area (Å²) in [6.45, 7) is 4.17. The molecule has 0 amide bonds. The molecule has 0 unspecified atom stereocenters. The summed E-state index contributed by atoms with van der Waals surface area (Å²) < 4.78 is 10.9. The maximum Gasteiger partial charge on any atom is 0.231 e. The van der Waals surface area contributed by atoms with E-state index in [1.807, 2.05) is 18.5 Å². The van der Waals surface area contributed by atoms with E-state index in [2.05, 4.69) is 39.0 Å². The molecule has 3 aliphatic heterocycles. The van der Waals surface area contributed by atoms with Gasteiger partial charge in [-0.3, -0.25) is 9.88 Å².